The second kappa shape index (κ2) is 8.52. The van der Waals surface area contributed by atoms with E-state index in [1.165, 1.54) is 48.5 Å². The van der Waals surface area contributed by atoms with Crippen LogP contribution in [-0.2, 0) is 10.0 Å². The van der Waals surface area contributed by atoms with E-state index in [4.69, 9.17) is 0 Å². The average molecular weight is 443 g/mol. The highest BCUT2D eigenvalue weighted by Gasteiger charge is 2.19. The summed E-state index contributed by atoms with van der Waals surface area (Å²) >= 11 is 0. The molecule has 10 heteroatoms. The van der Waals surface area contributed by atoms with Crippen LogP contribution in [0.15, 0.2) is 65.6 Å². The number of hydrogen-bond acceptors (Lipinski definition) is 5. The molecule has 0 aliphatic heterocycles. The summed E-state index contributed by atoms with van der Waals surface area (Å²) in [5, 5.41) is 13.6. The quantitative estimate of drug-likeness (QED) is 0.432. The third-order valence-electron chi connectivity index (χ3n) is 4.54. The number of nitrogens with one attached hydrogen (secondary N) is 2. The molecule has 0 atom stereocenters. The smallest absolute Gasteiger partial charge is 0.271 e. The fourth-order valence-corrected chi connectivity index (χ4v) is 3.88. The summed E-state index contributed by atoms with van der Waals surface area (Å²) in [5.74, 6) is -1.12. The molecule has 0 heterocycles. The van der Waals surface area contributed by atoms with Crippen molar-refractivity contribution in [2.45, 2.75) is 18.7 Å². The van der Waals surface area contributed by atoms with E-state index in [0.29, 0.717) is 11.1 Å². The van der Waals surface area contributed by atoms with E-state index in [-0.39, 0.29) is 27.5 Å². The molecule has 0 fully saturated rings. The van der Waals surface area contributed by atoms with Crippen molar-refractivity contribution in [3.05, 3.63) is 93.3 Å². The maximum atomic E-state index is 13.0. The Morgan fingerprint density at radius 1 is 0.968 bits per heavy atom. The van der Waals surface area contributed by atoms with Gasteiger partial charge in [-0.2, -0.15) is 0 Å². The highest BCUT2D eigenvalue weighted by molar-refractivity contribution is 7.92. The first-order valence-electron chi connectivity index (χ1n) is 9.02. The van der Waals surface area contributed by atoms with E-state index in [9.17, 15) is 27.7 Å². The van der Waals surface area contributed by atoms with Gasteiger partial charge in [-0.25, -0.2) is 12.8 Å². The fourth-order valence-electron chi connectivity index (χ4n) is 2.79. The Kier molecular flexibility index (Phi) is 6.02. The van der Waals surface area contributed by atoms with Crippen molar-refractivity contribution in [3.8, 4) is 0 Å². The lowest BCUT2D eigenvalue weighted by Gasteiger charge is -2.13. The largest absolute Gasteiger partial charge is 0.321 e. The number of amides is 1. The summed E-state index contributed by atoms with van der Waals surface area (Å²) in [6, 6.07) is 12.9. The maximum absolute atomic E-state index is 13.0. The van der Waals surface area contributed by atoms with Crippen molar-refractivity contribution < 1.29 is 22.5 Å². The number of benzene rings is 3. The summed E-state index contributed by atoms with van der Waals surface area (Å²) in [6.07, 6.45) is 0. The molecular formula is C21H18FN3O5S. The van der Waals surface area contributed by atoms with Crippen molar-refractivity contribution in [2.24, 2.45) is 0 Å². The lowest BCUT2D eigenvalue weighted by molar-refractivity contribution is -0.384. The van der Waals surface area contributed by atoms with Gasteiger partial charge in [0.05, 0.1) is 15.5 Å². The number of hydrogen-bond donors (Lipinski definition) is 2. The van der Waals surface area contributed by atoms with Crippen LogP contribution in [0.5, 0.6) is 0 Å². The molecule has 0 radical (unpaired) electrons. The molecule has 0 saturated carbocycles. The second-order valence-electron chi connectivity index (χ2n) is 6.80. The number of rotatable bonds is 6. The van der Waals surface area contributed by atoms with E-state index in [1.54, 1.807) is 13.8 Å². The number of halogens is 1. The second-order valence-corrected chi connectivity index (χ2v) is 8.48. The summed E-state index contributed by atoms with van der Waals surface area (Å²) in [6.45, 7) is 3.32. The van der Waals surface area contributed by atoms with Crippen LogP contribution in [0.1, 0.15) is 21.5 Å². The molecule has 2 N–H and O–H groups in total. The van der Waals surface area contributed by atoms with Gasteiger partial charge in [0.15, 0.2) is 0 Å². The van der Waals surface area contributed by atoms with Gasteiger partial charge in [0.1, 0.15) is 5.82 Å². The predicted molar refractivity (Wildman–Crippen MR) is 114 cm³/mol. The van der Waals surface area contributed by atoms with Crippen LogP contribution in [0.3, 0.4) is 0 Å². The zero-order chi connectivity index (χ0) is 22.8. The van der Waals surface area contributed by atoms with Gasteiger partial charge in [0.25, 0.3) is 21.6 Å². The van der Waals surface area contributed by atoms with Gasteiger partial charge in [-0.1, -0.05) is 12.1 Å². The van der Waals surface area contributed by atoms with E-state index in [2.05, 4.69) is 10.0 Å². The first-order chi connectivity index (χ1) is 14.6. The number of aryl methyl sites for hydroxylation is 2. The average Bonchev–Trinajstić information content (AvgIpc) is 2.71. The van der Waals surface area contributed by atoms with Crippen molar-refractivity contribution in [1.82, 2.24) is 0 Å². The third-order valence-corrected chi connectivity index (χ3v) is 5.92. The van der Waals surface area contributed by atoms with Gasteiger partial charge in [0.2, 0.25) is 0 Å². The molecule has 3 aromatic carbocycles. The Labute approximate surface area is 177 Å². The Morgan fingerprint density at radius 3 is 2.26 bits per heavy atom. The maximum Gasteiger partial charge on any atom is 0.271 e. The Morgan fingerprint density at radius 2 is 1.61 bits per heavy atom. The Hall–Kier alpha value is -3.79. The molecule has 31 heavy (non-hydrogen) atoms. The number of carbonyl (C=O) groups is 1. The number of sulfonamides is 1. The molecule has 0 bridgehead atoms. The molecule has 0 aromatic heterocycles. The van der Waals surface area contributed by atoms with Crippen LogP contribution in [-0.4, -0.2) is 19.2 Å². The highest BCUT2D eigenvalue weighted by atomic mass is 32.2. The molecule has 160 valence electrons. The first-order valence-corrected chi connectivity index (χ1v) is 10.5. The van der Waals surface area contributed by atoms with Gasteiger partial charge in [-0.15, -0.1) is 0 Å². The SMILES string of the molecule is Cc1ccc([N+](=O)[O-])cc1NC(=O)c1cc(S(=O)(=O)Nc2ccc(F)cc2)ccc1C. The van der Waals surface area contributed by atoms with Gasteiger partial charge >= 0.3 is 0 Å². The molecule has 1 amide bonds. The number of carbonyl (C=O) groups excluding carboxylic acids is 1. The minimum absolute atomic E-state index is 0.0906. The molecule has 3 aromatic rings. The standard InChI is InChI=1S/C21H18FN3O5S/c1-13-4-10-18(31(29,30)24-16-7-5-15(22)6-8-16)12-19(13)21(26)23-20-11-17(25(27)28)9-3-14(20)2/h3-12,24H,1-2H3,(H,23,26). The Balaban J connectivity index is 1.90. The van der Waals surface area contributed by atoms with E-state index < -0.39 is 26.7 Å². The lowest BCUT2D eigenvalue weighted by Crippen LogP contribution is -2.17. The minimum atomic E-state index is -4.04. The number of nitro groups is 1. The topological polar surface area (TPSA) is 118 Å². The summed E-state index contributed by atoms with van der Waals surface area (Å²) in [4.78, 5) is 23.1. The summed E-state index contributed by atoms with van der Waals surface area (Å²) < 4.78 is 40.8. The summed E-state index contributed by atoms with van der Waals surface area (Å²) in [7, 11) is -4.04. The van der Waals surface area contributed by atoms with Crippen molar-refractivity contribution in [1.29, 1.82) is 0 Å². The van der Waals surface area contributed by atoms with Crippen LogP contribution in [0.2, 0.25) is 0 Å². The molecule has 0 aliphatic rings. The van der Waals surface area contributed by atoms with Crippen LogP contribution < -0.4 is 10.0 Å². The molecule has 0 spiro atoms. The van der Waals surface area contributed by atoms with Crippen LogP contribution in [0.4, 0.5) is 21.5 Å². The van der Waals surface area contributed by atoms with Crippen LogP contribution >= 0.6 is 0 Å². The van der Waals surface area contributed by atoms with Gasteiger partial charge in [-0.3, -0.25) is 19.6 Å². The van der Waals surface area contributed by atoms with E-state index >= 15 is 0 Å². The van der Waals surface area contributed by atoms with Crippen molar-refractivity contribution in [3.63, 3.8) is 0 Å². The molecule has 0 aliphatic carbocycles. The summed E-state index contributed by atoms with van der Waals surface area (Å²) in [5.41, 5.74) is 1.45. The number of nitrogens with zero attached hydrogens (tertiary/aromatic N) is 1. The zero-order valence-electron chi connectivity index (χ0n) is 16.5. The molecule has 0 saturated heterocycles. The van der Waals surface area contributed by atoms with Gasteiger partial charge in [0, 0.05) is 23.4 Å². The van der Waals surface area contributed by atoms with Crippen LogP contribution in [0, 0.1) is 29.8 Å². The number of nitro benzene ring substituents is 1. The number of anilines is 2. The normalized spacial score (nSPS) is 11.1. The van der Waals surface area contributed by atoms with Crippen molar-refractivity contribution in [2.75, 3.05) is 10.0 Å². The highest BCUT2D eigenvalue weighted by Crippen LogP contribution is 2.24. The lowest BCUT2D eigenvalue weighted by atomic mass is 10.1. The minimum Gasteiger partial charge on any atom is -0.321 e. The fraction of sp³-hybridized carbons (Fsp3) is 0.0952. The zero-order valence-corrected chi connectivity index (χ0v) is 17.4. The monoisotopic (exact) mass is 443 g/mol. The van der Waals surface area contributed by atoms with Gasteiger partial charge in [-0.05, 0) is 61.4 Å². The number of non-ortho nitro benzene ring substituents is 1. The predicted octanol–water partition coefficient (Wildman–Crippen LogP) is 4.40. The van der Waals surface area contributed by atoms with Crippen LogP contribution in [0.25, 0.3) is 0 Å². The first kappa shape index (κ1) is 21.9. The van der Waals surface area contributed by atoms with E-state index in [1.807, 2.05) is 0 Å². The molecule has 3 rings (SSSR count). The molecule has 0 unspecified atom stereocenters. The van der Waals surface area contributed by atoms with E-state index in [0.717, 1.165) is 12.1 Å². The van der Waals surface area contributed by atoms with Gasteiger partial charge < -0.3 is 5.32 Å². The van der Waals surface area contributed by atoms with Crippen molar-refractivity contribution >= 4 is 33.0 Å². The Bertz CT molecular complexity index is 1270. The molecular weight excluding hydrogens is 425 g/mol. The molecule has 8 nitrogen and oxygen atoms in total. The third kappa shape index (κ3) is 5.04.